The summed E-state index contributed by atoms with van der Waals surface area (Å²) in [4.78, 5) is 13.2. The van der Waals surface area contributed by atoms with E-state index in [1.54, 1.807) is 7.11 Å². The van der Waals surface area contributed by atoms with Gasteiger partial charge in [-0.2, -0.15) is 0 Å². The van der Waals surface area contributed by atoms with Gasteiger partial charge in [-0.3, -0.25) is 9.69 Å². The van der Waals surface area contributed by atoms with Crippen LogP contribution in [0.4, 0.5) is 0 Å². The Morgan fingerprint density at radius 3 is 2.79 bits per heavy atom. The van der Waals surface area contributed by atoms with Crippen LogP contribution in [-0.2, 0) is 9.53 Å². The highest BCUT2D eigenvalue weighted by Crippen LogP contribution is 1.91. The fraction of sp³-hybridized carbons (Fsp3) is 0.889. The molecule has 0 fully saturated rings. The van der Waals surface area contributed by atoms with Crippen molar-refractivity contribution in [3.05, 3.63) is 0 Å². The summed E-state index contributed by atoms with van der Waals surface area (Å²) in [5.74, 6) is 0.00449. The second kappa shape index (κ2) is 7.73. The normalized spacial score (nSPS) is 12.9. The first-order chi connectivity index (χ1) is 6.61. The minimum absolute atomic E-state index is 0.00449. The van der Waals surface area contributed by atoms with E-state index in [0.29, 0.717) is 26.2 Å². The van der Waals surface area contributed by atoms with E-state index in [1.807, 2.05) is 18.9 Å². The number of hydrogen-bond acceptors (Lipinski definition) is 4. The maximum absolute atomic E-state index is 11.3. The van der Waals surface area contributed by atoms with Gasteiger partial charge in [-0.1, -0.05) is 0 Å². The number of carbonyl (C=O) groups excluding carboxylic acids is 1. The largest absolute Gasteiger partial charge is 0.383 e. The maximum atomic E-state index is 11.3. The molecule has 0 aliphatic heterocycles. The Balaban J connectivity index is 3.60. The molecule has 0 aromatic heterocycles. The smallest absolute Gasteiger partial charge is 0.234 e. The predicted molar refractivity (Wildman–Crippen MR) is 56.0 cm³/mol. The van der Waals surface area contributed by atoms with Gasteiger partial charge in [0.25, 0.3) is 0 Å². The number of nitrogens with zero attached hydrogens (tertiary/aromatic N) is 1. The topological polar surface area (TPSA) is 67.6 Å². The molecule has 0 bridgehead atoms. The molecular weight excluding hydrogens is 182 g/mol. The lowest BCUT2D eigenvalue weighted by Crippen LogP contribution is -2.42. The summed E-state index contributed by atoms with van der Waals surface area (Å²) in [5, 5.41) is 2.75. The third-order valence-electron chi connectivity index (χ3n) is 2.11. The van der Waals surface area contributed by atoms with Crippen LogP contribution in [0.1, 0.15) is 6.92 Å². The number of methoxy groups -OCH3 is 1. The zero-order valence-electron chi connectivity index (χ0n) is 9.25. The lowest BCUT2D eigenvalue weighted by Gasteiger charge is -2.22. The molecular formula is C9H21N3O2. The highest BCUT2D eigenvalue weighted by molar-refractivity contribution is 5.77. The van der Waals surface area contributed by atoms with Crippen molar-refractivity contribution in [2.24, 2.45) is 5.73 Å². The Labute approximate surface area is 85.6 Å². The molecule has 0 radical (unpaired) electrons. The van der Waals surface area contributed by atoms with Gasteiger partial charge in [0.1, 0.15) is 0 Å². The van der Waals surface area contributed by atoms with Crippen molar-refractivity contribution in [2.45, 2.75) is 13.0 Å². The molecule has 0 heterocycles. The van der Waals surface area contributed by atoms with Crippen LogP contribution >= 0.6 is 0 Å². The minimum Gasteiger partial charge on any atom is -0.383 e. The first-order valence-electron chi connectivity index (χ1n) is 4.77. The number of nitrogens with two attached hydrogens (primary N) is 1. The molecule has 0 aliphatic carbocycles. The van der Waals surface area contributed by atoms with Crippen LogP contribution in [0.25, 0.3) is 0 Å². The van der Waals surface area contributed by atoms with Crippen molar-refractivity contribution >= 4 is 5.91 Å². The van der Waals surface area contributed by atoms with Crippen molar-refractivity contribution < 1.29 is 9.53 Å². The first kappa shape index (κ1) is 13.4. The Morgan fingerprint density at radius 1 is 1.64 bits per heavy atom. The zero-order chi connectivity index (χ0) is 11.0. The van der Waals surface area contributed by atoms with Gasteiger partial charge in [0, 0.05) is 26.2 Å². The molecule has 84 valence electrons. The molecule has 3 N–H and O–H groups in total. The standard InChI is InChI=1S/C9H21N3O2/c1-8(6-10)12(2)7-9(13)11-4-5-14-3/h8H,4-7,10H2,1-3H3,(H,11,13). The van der Waals surface area contributed by atoms with Crippen LogP contribution in [0, 0.1) is 0 Å². The highest BCUT2D eigenvalue weighted by Gasteiger charge is 2.10. The van der Waals surface area contributed by atoms with Crippen molar-refractivity contribution in [1.29, 1.82) is 0 Å². The summed E-state index contributed by atoms with van der Waals surface area (Å²) in [7, 11) is 3.49. The van der Waals surface area contributed by atoms with E-state index >= 15 is 0 Å². The van der Waals surface area contributed by atoms with Crippen molar-refractivity contribution in [1.82, 2.24) is 10.2 Å². The third-order valence-corrected chi connectivity index (χ3v) is 2.11. The summed E-state index contributed by atoms with van der Waals surface area (Å²) in [6.45, 7) is 4.02. The number of hydrogen-bond donors (Lipinski definition) is 2. The number of likely N-dealkylation sites (N-methyl/N-ethyl adjacent to an activating group) is 1. The van der Waals surface area contributed by atoms with Crippen LogP contribution in [0.2, 0.25) is 0 Å². The molecule has 1 amide bonds. The van der Waals surface area contributed by atoms with Crippen molar-refractivity contribution in [3.63, 3.8) is 0 Å². The number of ether oxygens (including phenoxy) is 1. The van der Waals surface area contributed by atoms with Gasteiger partial charge in [0.2, 0.25) is 5.91 Å². The number of carbonyl (C=O) groups is 1. The molecule has 5 nitrogen and oxygen atoms in total. The Hall–Kier alpha value is -0.650. The fourth-order valence-electron chi connectivity index (χ4n) is 0.911. The lowest BCUT2D eigenvalue weighted by atomic mass is 10.3. The van der Waals surface area contributed by atoms with E-state index in [-0.39, 0.29) is 11.9 Å². The van der Waals surface area contributed by atoms with E-state index in [0.717, 1.165) is 0 Å². The number of nitrogens with one attached hydrogen (secondary N) is 1. The molecule has 0 spiro atoms. The Bertz CT molecular complexity index is 164. The molecule has 0 saturated carbocycles. The Kier molecular flexibility index (Phi) is 7.37. The zero-order valence-corrected chi connectivity index (χ0v) is 9.25. The monoisotopic (exact) mass is 203 g/mol. The minimum atomic E-state index is 0.00449. The molecule has 1 atom stereocenters. The van der Waals surface area contributed by atoms with E-state index in [1.165, 1.54) is 0 Å². The van der Waals surface area contributed by atoms with E-state index in [9.17, 15) is 4.79 Å². The average molecular weight is 203 g/mol. The van der Waals surface area contributed by atoms with Crippen LogP contribution in [-0.4, -0.2) is 57.2 Å². The van der Waals surface area contributed by atoms with E-state index < -0.39 is 0 Å². The molecule has 0 saturated heterocycles. The summed E-state index contributed by atoms with van der Waals surface area (Å²) in [6, 6.07) is 0.225. The second-order valence-electron chi connectivity index (χ2n) is 3.34. The fourth-order valence-corrected chi connectivity index (χ4v) is 0.911. The van der Waals surface area contributed by atoms with Crippen LogP contribution < -0.4 is 11.1 Å². The van der Waals surface area contributed by atoms with Gasteiger partial charge in [-0.25, -0.2) is 0 Å². The number of amides is 1. The van der Waals surface area contributed by atoms with Crippen molar-refractivity contribution in [2.75, 3.05) is 40.4 Å². The van der Waals surface area contributed by atoms with E-state index in [2.05, 4.69) is 5.32 Å². The molecule has 1 unspecified atom stereocenters. The Morgan fingerprint density at radius 2 is 2.29 bits per heavy atom. The van der Waals surface area contributed by atoms with Crippen LogP contribution in [0.15, 0.2) is 0 Å². The molecule has 5 heteroatoms. The van der Waals surface area contributed by atoms with Crippen LogP contribution in [0.3, 0.4) is 0 Å². The third kappa shape index (κ3) is 5.90. The van der Waals surface area contributed by atoms with Gasteiger partial charge in [0.15, 0.2) is 0 Å². The highest BCUT2D eigenvalue weighted by atomic mass is 16.5. The van der Waals surface area contributed by atoms with E-state index in [4.69, 9.17) is 10.5 Å². The summed E-state index contributed by atoms with van der Waals surface area (Å²) < 4.78 is 4.82. The molecule has 0 rings (SSSR count). The second-order valence-corrected chi connectivity index (χ2v) is 3.34. The summed E-state index contributed by atoms with van der Waals surface area (Å²) in [6.07, 6.45) is 0. The van der Waals surface area contributed by atoms with Crippen LogP contribution in [0.5, 0.6) is 0 Å². The average Bonchev–Trinajstić information content (AvgIpc) is 2.16. The van der Waals surface area contributed by atoms with Gasteiger partial charge in [-0.15, -0.1) is 0 Å². The molecule has 0 aromatic rings. The van der Waals surface area contributed by atoms with Crippen molar-refractivity contribution in [3.8, 4) is 0 Å². The van der Waals surface area contributed by atoms with Gasteiger partial charge < -0.3 is 15.8 Å². The van der Waals surface area contributed by atoms with Gasteiger partial charge in [0.05, 0.1) is 13.2 Å². The SMILES string of the molecule is COCCNC(=O)CN(C)C(C)CN. The quantitative estimate of drug-likeness (QED) is 0.522. The first-order valence-corrected chi connectivity index (χ1v) is 4.77. The summed E-state index contributed by atoms with van der Waals surface area (Å²) in [5.41, 5.74) is 5.48. The molecule has 0 aliphatic rings. The molecule has 14 heavy (non-hydrogen) atoms. The maximum Gasteiger partial charge on any atom is 0.234 e. The predicted octanol–water partition coefficient (Wildman–Crippen LogP) is -0.972. The number of rotatable bonds is 7. The van der Waals surface area contributed by atoms with Gasteiger partial charge in [-0.05, 0) is 14.0 Å². The van der Waals surface area contributed by atoms with Gasteiger partial charge >= 0.3 is 0 Å². The molecule has 0 aromatic carbocycles. The summed E-state index contributed by atoms with van der Waals surface area (Å²) >= 11 is 0. The lowest BCUT2D eigenvalue weighted by molar-refractivity contribution is -0.122.